The first-order valence-corrected chi connectivity index (χ1v) is 11.0. The van der Waals surface area contributed by atoms with Gasteiger partial charge < -0.3 is 0 Å². The van der Waals surface area contributed by atoms with Crippen molar-refractivity contribution in [1.82, 2.24) is 0 Å². The molecule has 0 N–H and O–H groups in total. The van der Waals surface area contributed by atoms with Gasteiger partial charge in [-0.05, 0) is 61.9 Å². The molecule has 1 heteroatoms. The van der Waals surface area contributed by atoms with Gasteiger partial charge in [0.05, 0.1) is 0 Å². The summed E-state index contributed by atoms with van der Waals surface area (Å²) in [4.78, 5) is 0. The van der Waals surface area contributed by atoms with E-state index in [4.69, 9.17) is 0 Å². The highest BCUT2D eigenvalue weighted by atomic mass is 31.1. The molecule has 21 heavy (non-hydrogen) atoms. The van der Waals surface area contributed by atoms with Crippen LogP contribution in [0.2, 0.25) is 0 Å². The van der Waals surface area contributed by atoms with Crippen LogP contribution in [0.4, 0.5) is 0 Å². The molecule has 0 nitrogen and oxygen atoms in total. The summed E-state index contributed by atoms with van der Waals surface area (Å²) >= 11 is 0. The number of unbranched alkanes of at least 4 members (excludes halogenated alkanes) is 1. The zero-order chi connectivity index (χ0) is 16.5. The van der Waals surface area contributed by atoms with Gasteiger partial charge in [-0.1, -0.05) is 66.5 Å². The zero-order valence-corrected chi connectivity index (χ0v) is 17.0. The molecule has 0 aliphatic carbocycles. The van der Waals surface area contributed by atoms with Crippen molar-refractivity contribution in [2.75, 3.05) is 6.66 Å². The summed E-state index contributed by atoms with van der Waals surface area (Å²) in [5.41, 5.74) is 1.41. The first-order chi connectivity index (χ1) is 9.80. The maximum atomic E-state index is 2.58. The molecular formula is C20H41P. The Balaban J connectivity index is 5.23. The van der Waals surface area contributed by atoms with Crippen LogP contribution in [0.15, 0.2) is 12.2 Å². The number of rotatable bonds is 11. The third kappa shape index (κ3) is 5.70. The fourth-order valence-corrected chi connectivity index (χ4v) is 6.67. The van der Waals surface area contributed by atoms with Gasteiger partial charge in [0.1, 0.15) is 0 Å². The molecule has 0 spiro atoms. The van der Waals surface area contributed by atoms with E-state index in [0.29, 0.717) is 10.6 Å². The fourth-order valence-electron chi connectivity index (χ4n) is 3.59. The molecule has 0 radical (unpaired) electrons. The largest absolute Gasteiger partial charge is 0.100 e. The van der Waals surface area contributed by atoms with Crippen LogP contribution in [0.3, 0.4) is 0 Å². The first-order valence-electron chi connectivity index (χ1n) is 9.14. The third-order valence-corrected chi connectivity index (χ3v) is 10.2. The quantitative estimate of drug-likeness (QED) is 0.272. The Morgan fingerprint density at radius 2 is 1.57 bits per heavy atom. The molecular weight excluding hydrogens is 271 g/mol. The maximum Gasteiger partial charge on any atom is -0.00971 e. The maximum absolute atomic E-state index is 2.58. The van der Waals surface area contributed by atoms with Gasteiger partial charge in [0.25, 0.3) is 0 Å². The molecule has 0 bridgehead atoms. The van der Waals surface area contributed by atoms with E-state index in [-0.39, 0.29) is 7.92 Å². The van der Waals surface area contributed by atoms with Gasteiger partial charge in [0, 0.05) is 0 Å². The number of hydrogen-bond donors (Lipinski definition) is 0. The Hall–Kier alpha value is 0.170. The summed E-state index contributed by atoms with van der Waals surface area (Å²) in [5, 5.41) is 0.468. The minimum Gasteiger partial charge on any atom is -0.100 e. The number of hydrogen-bond acceptors (Lipinski definition) is 0. The average molecular weight is 313 g/mol. The van der Waals surface area contributed by atoms with Crippen molar-refractivity contribution in [3.8, 4) is 0 Å². The van der Waals surface area contributed by atoms with E-state index in [9.17, 15) is 0 Å². The predicted molar refractivity (Wildman–Crippen MR) is 103 cm³/mol. The van der Waals surface area contributed by atoms with Crippen LogP contribution in [0.25, 0.3) is 0 Å². The second kappa shape index (κ2) is 10.0. The Bertz CT molecular complexity index is 288. The van der Waals surface area contributed by atoms with Gasteiger partial charge >= 0.3 is 0 Å². The first kappa shape index (κ1) is 21.2. The zero-order valence-electron chi connectivity index (χ0n) is 16.1. The van der Waals surface area contributed by atoms with Crippen LogP contribution in [0.5, 0.6) is 0 Å². The van der Waals surface area contributed by atoms with E-state index >= 15 is 0 Å². The molecule has 0 aromatic carbocycles. The topological polar surface area (TPSA) is 0 Å². The molecule has 2 unspecified atom stereocenters. The smallest absolute Gasteiger partial charge is 0.00971 e. The van der Waals surface area contributed by atoms with Crippen molar-refractivity contribution >= 4 is 7.92 Å². The summed E-state index contributed by atoms with van der Waals surface area (Å²) in [6.07, 6.45) is 13.9. The van der Waals surface area contributed by atoms with E-state index in [2.05, 4.69) is 67.3 Å². The fraction of sp³-hybridized carbons (Fsp3) is 0.900. The Morgan fingerprint density at radius 1 is 1.00 bits per heavy atom. The predicted octanol–water partition coefficient (Wildman–Crippen LogP) is 7.62. The Morgan fingerprint density at radius 3 is 2.00 bits per heavy atom. The van der Waals surface area contributed by atoms with Crippen LogP contribution in [-0.4, -0.2) is 17.5 Å². The SMILES string of the molecule is C/C=C/CCC(C)(CCCC)C(C)(C)P(C)C(CC)CC. The molecule has 0 aliphatic rings. The average Bonchev–Trinajstić information content (AvgIpc) is 2.46. The molecule has 0 heterocycles. The summed E-state index contributed by atoms with van der Waals surface area (Å²) in [7, 11) is 0.0631. The van der Waals surface area contributed by atoms with Crippen LogP contribution < -0.4 is 0 Å². The summed E-state index contributed by atoms with van der Waals surface area (Å²) in [5.74, 6) is 0. The van der Waals surface area contributed by atoms with Crippen molar-refractivity contribution in [2.24, 2.45) is 5.41 Å². The summed E-state index contributed by atoms with van der Waals surface area (Å²) in [6.45, 7) is 19.5. The molecule has 0 saturated heterocycles. The highest BCUT2D eigenvalue weighted by Crippen LogP contribution is 2.62. The van der Waals surface area contributed by atoms with Gasteiger partial charge in [0.2, 0.25) is 0 Å². The molecule has 0 aromatic heterocycles. The molecule has 0 fully saturated rings. The third-order valence-electron chi connectivity index (χ3n) is 6.03. The molecule has 126 valence electrons. The molecule has 0 saturated carbocycles. The second-order valence-corrected chi connectivity index (χ2v) is 10.5. The molecule has 0 rings (SSSR count). The van der Waals surface area contributed by atoms with Crippen molar-refractivity contribution in [3.63, 3.8) is 0 Å². The monoisotopic (exact) mass is 312 g/mol. The van der Waals surface area contributed by atoms with Gasteiger partial charge in [-0.3, -0.25) is 0 Å². The Labute approximate surface area is 136 Å². The molecule has 0 aliphatic heterocycles. The number of allylic oxidation sites excluding steroid dienone is 2. The van der Waals surface area contributed by atoms with Crippen molar-refractivity contribution in [3.05, 3.63) is 12.2 Å². The lowest BCUT2D eigenvalue weighted by Gasteiger charge is -2.51. The van der Waals surface area contributed by atoms with Crippen LogP contribution in [0, 0.1) is 5.41 Å². The van der Waals surface area contributed by atoms with E-state index < -0.39 is 0 Å². The highest BCUT2D eigenvalue weighted by molar-refractivity contribution is 7.59. The van der Waals surface area contributed by atoms with E-state index in [1.54, 1.807) is 0 Å². The highest BCUT2D eigenvalue weighted by Gasteiger charge is 2.44. The van der Waals surface area contributed by atoms with Crippen LogP contribution in [0.1, 0.15) is 93.4 Å². The van der Waals surface area contributed by atoms with E-state index in [1.807, 2.05) is 0 Å². The lowest BCUT2D eigenvalue weighted by Crippen LogP contribution is -2.41. The van der Waals surface area contributed by atoms with Gasteiger partial charge in [0.15, 0.2) is 0 Å². The standard InChI is InChI=1S/C20H41P/c1-9-13-15-17-20(7,16-14-10-2)19(5,6)21(8)18(11-3)12-4/h9,13,18H,10-12,14-17H2,1-8H3/b13-9+. The second-order valence-electron chi connectivity index (χ2n) is 7.41. The lowest BCUT2D eigenvalue weighted by molar-refractivity contribution is 0.199. The summed E-state index contributed by atoms with van der Waals surface area (Å²) < 4.78 is 0. The Kier molecular flexibility index (Phi) is 10.1. The normalized spacial score (nSPS) is 17.4. The van der Waals surface area contributed by atoms with Crippen LogP contribution >= 0.6 is 7.92 Å². The minimum absolute atomic E-state index is 0.0631. The molecule has 2 atom stereocenters. The van der Waals surface area contributed by atoms with Crippen molar-refractivity contribution in [2.45, 2.75) is 104 Å². The lowest BCUT2D eigenvalue weighted by atomic mass is 9.71. The van der Waals surface area contributed by atoms with Gasteiger partial charge in [-0.15, -0.1) is 7.92 Å². The van der Waals surface area contributed by atoms with Crippen molar-refractivity contribution < 1.29 is 0 Å². The van der Waals surface area contributed by atoms with Crippen LogP contribution in [-0.2, 0) is 0 Å². The van der Waals surface area contributed by atoms with E-state index in [0.717, 1.165) is 5.66 Å². The molecule has 0 aromatic rings. The van der Waals surface area contributed by atoms with Crippen molar-refractivity contribution in [1.29, 1.82) is 0 Å². The molecule has 0 amide bonds. The van der Waals surface area contributed by atoms with Gasteiger partial charge in [-0.25, -0.2) is 0 Å². The summed E-state index contributed by atoms with van der Waals surface area (Å²) in [6, 6.07) is 0. The minimum atomic E-state index is 0.0631. The van der Waals surface area contributed by atoms with E-state index in [1.165, 1.54) is 44.9 Å². The van der Waals surface area contributed by atoms with Gasteiger partial charge in [-0.2, -0.15) is 0 Å².